The molecule has 134 valence electrons. The van der Waals surface area contributed by atoms with E-state index in [0.29, 0.717) is 28.8 Å². The van der Waals surface area contributed by atoms with Crippen molar-refractivity contribution in [1.29, 1.82) is 0 Å². The fourth-order valence-corrected chi connectivity index (χ4v) is 2.14. The molecular formula is C16H21N5O4. The number of aromatic nitrogens is 2. The van der Waals surface area contributed by atoms with Gasteiger partial charge in [0.25, 0.3) is 0 Å². The Morgan fingerprint density at radius 3 is 2.60 bits per heavy atom. The number of benzene rings is 1. The third kappa shape index (κ3) is 4.69. The van der Waals surface area contributed by atoms with Crippen molar-refractivity contribution in [1.82, 2.24) is 15.0 Å². The summed E-state index contributed by atoms with van der Waals surface area (Å²) in [6.07, 6.45) is 0.245. The van der Waals surface area contributed by atoms with E-state index in [0.717, 1.165) is 5.56 Å². The maximum absolute atomic E-state index is 10.9. The van der Waals surface area contributed by atoms with Gasteiger partial charge >= 0.3 is 5.97 Å². The first-order valence-corrected chi connectivity index (χ1v) is 7.56. The van der Waals surface area contributed by atoms with Crippen LogP contribution < -0.4 is 9.47 Å². The lowest BCUT2D eigenvalue weighted by Crippen LogP contribution is -2.00. The van der Waals surface area contributed by atoms with Crippen LogP contribution in [0.5, 0.6) is 11.5 Å². The SMILES string of the molecule is COc1ccc(-c2nc(N=NN(C)C)c(CCC(=O)O)[nH]2)cc1OC. The van der Waals surface area contributed by atoms with E-state index in [4.69, 9.17) is 14.6 Å². The van der Waals surface area contributed by atoms with Gasteiger partial charge in [-0.2, -0.15) is 0 Å². The van der Waals surface area contributed by atoms with Crippen LogP contribution in [0.1, 0.15) is 12.1 Å². The molecular weight excluding hydrogens is 326 g/mol. The highest BCUT2D eigenvalue weighted by Crippen LogP contribution is 2.32. The van der Waals surface area contributed by atoms with Crippen molar-refractivity contribution in [3.05, 3.63) is 23.9 Å². The fraction of sp³-hybridized carbons (Fsp3) is 0.375. The van der Waals surface area contributed by atoms with Gasteiger partial charge in [-0.1, -0.05) is 5.22 Å². The second-order valence-corrected chi connectivity index (χ2v) is 5.39. The van der Waals surface area contributed by atoms with Crippen LogP contribution in [0.15, 0.2) is 28.5 Å². The van der Waals surface area contributed by atoms with E-state index < -0.39 is 5.97 Å². The summed E-state index contributed by atoms with van der Waals surface area (Å²) in [4.78, 5) is 18.4. The number of nitrogens with zero attached hydrogens (tertiary/aromatic N) is 4. The van der Waals surface area contributed by atoms with Gasteiger partial charge in [-0.3, -0.25) is 9.80 Å². The number of aliphatic carboxylic acids is 1. The summed E-state index contributed by atoms with van der Waals surface area (Å²) >= 11 is 0. The van der Waals surface area contributed by atoms with Gasteiger partial charge in [-0.15, -0.1) is 5.11 Å². The Hall–Kier alpha value is -3.10. The third-order valence-corrected chi connectivity index (χ3v) is 3.32. The molecule has 0 aliphatic heterocycles. The van der Waals surface area contributed by atoms with Crippen LogP contribution in [-0.2, 0) is 11.2 Å². The molecule has 0 fully saturated rings. The Balaban J connectivity index is 2.40. The molecule has 9 heteroatoms. The molecule has 0 bridgehead atoms. The molecule has 0 unspecified atom stereocenters. The molecule has 1 heterocycles. The number of carbonyl (C=O) groups is 1. The molecule has 25 heavy (non-hydrogen) atoms. The summed E-state index contributed by atoms with van der Waals surface area (Å²) in [6.45, 7) is 0. The standard InChI is InChI=1S/C16H21N5O4/c1-21(2)20-19-16-11(6-8-14(22)23)17-15(18-16)10-5-7-12(24-3)13(9-10)25-4/h5,7,9H,6,8H2,1-4H3,(H,17,18)(H,22,23). The molecule has 0 amide bonds. The summed E-state index contributed by atoms with van der Waals surface area (Å²) in [5.41, 5.74) is 1.37. The number of carboxylic acid groups (broad SMARTS) is 1. The number of methoxy groups -OCH3 is 2. The number of aryl methyl sites for hydroxylation is 1. The van der Waals surface area contributed by atoms with Crippen LogP contribution in [-0.4, -0.2) is 54.4 Å². The van der Waals surface area contributed by atoms with Gasteiger partial charge in [0.15, 0.2) is 17.3 Å². The maximum atomic E-state index is 10.9. The van der Waals surface area contributed by atoms with E-state index in [1.54, 1.807) is 40.4 Å². The zero-order chi connectivity index (χ0) is 18.4. The minimum absolute atomic E-state index is 0.0297. The topological polar surface area (TPSA) is 112 Å². The quantitative estimate of drug-likeness (QED) is 0.561. The van der Waals surface area contributed by atoms with E-state index in [1.807, 2.05) is 6.07 Å². The van der Waals surface area contributed by atoms with Crippen molar-refractivity contribution in [3.8, 4) is 22.9 Å². The Labute approximate surface area is 145 Å². The number of hydrogen-bond acceptors (Lipinski definition) is 6. The molecule has 0 aliphatic rings. The molecule has 0 saturated heterocycles. The second-order valence-electron chi connectivity index (χ2n) is 5.39. The zero-order valence-electron chi connectivity index (χ0n) is 14.6. The van der Waals surface area contributed by atoms with Crippen LogP contribution in [0.3, 0.4) is 0 Å². The van der Waals surface area contributed by atoms with Gasteiger partial charge < -0.3 is 19.6 Å². The van der Waals surface area contributed by atoms with Crippen molar-refractivity contribution in [3.63, 3.8) is 0 Å². The Morgan fingerprint density at radius 1 is 1.28 bits per heavy atom. The van der Waals surface area contributed by atoms with Crippen LogP contribution >= 0.6 is 0 Å². The molecule has 2 rings (SSSR count). The Bertz CT molecular complexity index is 770. The number of carboxylic acids is 1. The van der Waals surface area contributed by atoms with Crippen molar-refractivity contribution in [2.75, 3.05) is 28.3 Å². The van der Waals surface area contributed by atoms with Crippen molar-refractivity contribution in [2.45, 2.75) is 12.8 Å². The summed E-state index contributed by atoms with van der Waals surface area (Å²) in [5, 5.41) is 18.4. The third-order valence-electron chi connectivity index (χ3n) is 3.32. The summed E-state index contributed by atoms with van der Waals surface area (Å²) in [6, 6.07) is 5.38. The predicted octanol–water partition coefficient (Wildman–Crippen LogP) is 2.67. The number of imidazole rings is 1. The van der Waals surface area contributed by atoms with Gasteiger partial charge in [-0.05, 0) is 18.2 Å². The van der Waals surface area contributed by atoms with Crippen LogP contribution in [0.25, 0.3) is 11.4 Å². The number of rotatable bonds is 8. The zero-order valence-corrected chi connectivity index (χ0v) is 14.6. The average molecular weight is 347 g/mol. The largest absolute Gasteiger partial charge is 0.493 e. The summed E-state index contributed by atoms with van der Waals surface area (Å²) in [7, 11) is 6.59. The Kier molecular flexibility index (Phi) is 5.93. The van der Waals surface area contributed by atoms with Gasteiger partial charge in [-0.25, -0.2) is 4.98 Å². The molecule has 0 aliphatic carbocycles. The molecule has 9 nitrogen and oxygen atoms in total. The van der Waals surface area contributed by atoms with Gasteiger partial charge in [0, 0.05) is 26.1 Å². The lowest BCUT2D eigenvalue weighted by atomic mass is 10.2. The van der Waals surface area contributed by atoms with Crippen molar-refractivity contribution < 1.29 is 19.4 Å². The highest BCUT2D eigenvalue weighted by molar-refractivity contribution is 5.68. The molecule has 1 aromatic carbocycles. The van der Waals surface area contributed by atoms with Gasteiger partial charge in [0.1, 0.15) is 5.82 Å². The number of nitrogens with one attached hydrogen (secondary N) is 1. The number of ether oxygens (including phenoxy) is 2. The van der Waals surface area contributed by atoms with Crippen molar-refractivity contribution >= 4 is 11.8 Å². The lowest BCUT2D eigenvalue weighted by molar-refractivity contribution is -0.136. The van der Waals surface area contributed by atoms with Crippen LogP contribution in [0.4, 0.5) is 5.82 Å². The van der Waals surface area contributed by atoms with Crippen LogP contribution in [0.2, 0.25) is 0 Å². The molecule has 0 atom stereocenters. The van der Waals surface area contributed by atoms with Crippen molar-refractivity contribution in [2.24, 2.45) is 10.3 Å². The first-order chi connectivity index (χ1) is 11.9. The molecule has 1 aromatic heterocycles. The van der Waals surface area contributed by atoms with E-state index in [-0.39, 0.29) is 12.8 Å². The first kappa shape index (κ1) is 18.2. The highest BCUT2D eigenvalue weighted by Gasteiger charge is 2.15. The average Bonchev–Trinajstić information content (AvgIpc) is 3.00. The molecule has 0 saturated carbocycles. The van der Waals surface area contributed by atoms with E-state index in [9.17, 15) is 4.79 Å². The number of hydrogen-bond donors (Lipinski definition) is 2. The van der Waals surface area contributed by atoms with E-state index in [2.05, 4.69) is 20.3 Å². The highest BCUT2D eigenvalue weighted by atomic mass is 16.5. The summed E-state index contributed by atoms with van der Waals surface area (Å²) < 4.78 is 10.5. The van der Waals surface area contributed by atoms with Crippen LogP contribution in [0, 0.1) is 0 Å². The fourth-order valence-electron chi connectivity index (χ4n) is 2.14. The lowest BCUT2D eigenvalue weighted by Gasteiger charge is -2.08. The molecule has 2 aromatic rings. The second kappa shape index (κ2) is 8.13. The first-order valence-electron chi connectivity index (χ1n) is 7.56. The summed E-state index contributed by atoms with van der Waals surface area (Å²) in [5.74, 6) is 1.20. The molecule has 2 N–H and O–H groups in total. The monoisotopic (exact) mass is 347 g/mol. The van der Waals surface area contributed by atoms with E-state index >= 15 is 0 Å². The smallest absolute Gasteiger partial charge is 0.303 e. The minimum atomic E-state index is -0.891. The molecule has 0 radical (unpaired) electrons. The van der Waals surface area contributed by atoms with Gasteiger partial charge in [0.05, 0.1) is 26.3 Å². The minimum Gasteiger partial charge on any atom is -0.493 e. The number of aromatic amines is 1. The number of H-pyrrole nitrogens is 1. The normalized spacial score (nSPS) is 10.9. The van der Waals surface area contributed by atoms with E-state index in [1.165, 1.54) is 5.01 Å². The Morgan fingerprint density at radius 2 is 2.00 bits per heavy atom. The predicted molar refractivity (Wildman–Crippen MR) is 91.3 cm³/mol. The molecule has 0 spiro atoms. The van der Waals surface area contributed by atoms with Gasteiger partial charge in [0.2, 0.25) is 0 Å². The maximum Gasteiger partial charge on any atom is 0.303 e.